The van der Waals surface area contributed by atoms with Crippen molar-refractivity contribution in [3.63, 3.8) is 0 Å². The average Bonchev–Trinajstić information content (AvgIpc) is 2.36. The molecule has 0 amide bonds. The van der Waals surface area contributed by atoms with Gasteiger partial charge in [0, 0.05) is 11.9 Å². The van der Waals surface area contributed by atoms with Gasteiger partial charge < -0.3 is 4.74 Å². The highest BCUT2D eigenvalue weighted by Crippen LogP contribution is 2.28. The van der Waals surface area contributed by atoms with Gasteiger partial charge in [-0.15, -0.1) is 11.6 Å². The Morgan fingerprint density at radius 1 is 1.22 bits per heavy atom. The molecular formula is C14H11BrClFO. The van der Waals surface area contributed by atoms with Gasteiger partial charge in [-0.05, 0) is 52.2 Å². The van der Waals surface area contributed by atoms with Gasteiger partial charge in [-0.25, -0.2) is 4.39 Å². The first-order valence-electron chi connectivity index (χ1n) is 5.38. The van der Waals surface area contributed by atoms with E-state index < -0.39 is 0 Å². The van der Waals surface area contributed by atoms with Crippen molar-refractivity contribution in [3.05, 3.63) is 57.8 Å². The van der Waals surface area contributed by atoms with Crippen LogP contribution in [0.25, 0.3) is 0 Å². The van der Waals surface area contributed by atoms with Gasteiger partial charge in [0.15, 0.2) is 0 Å². The molecule has 2 aromatic rings. The molecule has 94 valence electrons. The summed E-state index contributed by atoms with van der Waals surface area (Å²) in [5.74, 6) is 1.29. The highest BCUT2D eigenvalue weighted by Gasteiger charge is 2.05. The lowest BCUT2D eigenvalue weighted by molar-refractivity contribution is 0.472. The highest BCUT2D eigenvalue weighted by atomic mass is 79.9. The van der Waals surface area contributed by atoms with E-state index in [1.165, 1.54) is 6.07 Å². The monoisotopic (exact) mass is 328 g/mol. The SMILES string of the molecule is Cc1cc(CCl)ccc1Oc1ccc(Br)c(F)c1. The maximum atomic E-state index is 13.4. The Kier molecular flexibility index (Phi) is 4.25. The van der Waals surface area contributed by atoms with Crippen LogP contribution >= 0.6 is 27.5 Å². The van der Waals surface area contributed by atoms with Crippen molar-refractivity contribution >= 4 is 27.5 Å². The van der Waals surface area contributed by atoms with Gasteiger partial charge in [0.25, 0.3) is 0 Å². The van der Waals surface area contributed by atoms with E-state index in [9.17, 15) is 4.39 Å². The first-order valence-corrected chi connectivity index (χ1v) is 6.71. The number of aryl methyl sites for hydroxylation is 1. The van der Waals surface area contributed by atoms with Crippen LogP contribution in [0.15, 0.2) is 40.9 Å². The minimum Gasteiger partial charge on any atom is -0.457 e. The average molecular weight is 330 g/mol. The fourth-order valence-electron chi connectivity index (χ4n) is 1.58. The molecule has 0 N–H and O–H groups in total. The molecule has 0 aromatic heterocycles. The molecule has 0 atom stereocenters. The summed E-state index contributed by atoms with van der Waals surface area (Å²) in [6.07, 6.45) is 0. The van der Waals surface area contributed by atoms with Gasteiger partial charge in [-0.3, -0.25) is 0 Å². The third-order valence-corrected chi connectivity index (χ3v) is 3.46. The van der Waals surface area contributed by atoms with Crippen LogP contribution in [0.2, 0.25) is 0 Å². The molecule has 0 saturated carbocycles. The molecule has 0 aliphatic rings. The second-order valence-electron chi connectivity index (χ2n) is 3.91. The van der Waals surface area contributed by atoms with E-state index in [-0.39, 0.29) is 5.82 Å². The standard InChI is InChI=1S/C14H11BrClFO/c1-9-6-10(8-16)2-5-14(9)18-11-3-4-12(15)13(17)7-11/h2-7H,8H2,1H3. The van der Waals surface area contributed by atoms with Crippen LogP contribution in [0.4, 0.5) is 4.39 Å². The molecule has 2 aromatic carbocycles. The molecule has 0 bridgehead atoms. The minimum absolute atomic E-state index is 0.345. The van der Waals surface area contributed by atoms with Crippen molar-refractivity contribution in [2.45, 2.75) is 12.8 Å². The topological polar surface area (TPSA) is 9.23 Å². The van der Waals surface area contributed by atoms with Crippen molar-refractivity contribution in [1.82, 2.24) is 0 Å². The molecule has 0 radical (unpaired) electrons. The summed E-state index contributed by atoms with van der Waals surface area (Å²) in [7, 11) is 0. The van der Waals surface area contributed by atoms with E-state index in [1.807, 2.05) is 25.1 Å². The second-order valence-corrected chi connectivity index (χ2v) is 5.03. The number of hydrogen-bond acceptors (Lipinski definition) is 1. The van der Waals surface area contributed by atoms with Crippen molar-refractivity contribution in [1.29, 1.82) is 0 Å². The summed E-state index contributed by atoms with van der Waals surface area (Å²) in [4.78, 5) is 0. The molecule has 0 saturated heterocycles. The summed E-state index contributed by atoms with van der Waals surface area (Å²) in [6.45, 7) is 1.93. The number of alkyl halides is 1. The van der Waals surface area contributed by atoms with E-state index in [0.29, 0.717) is 21.9 Å². The predicted molar refractivity (Wildman–Crippen MR) is 74.9 cm³/mol. The van der Waals surface area contributed by atoms with Crippen LogP contribution in [0.1, 0.15) is 11.1 Å². The third-order valence-electron chi connectivity index (χ3n) is 2.51. The number of rotatable bonds is 3. The quantitative estimate of drug-likeness (QED) is 0.682. The van der Waals surface area contributed by atoms with Gasteiger partial charge in [-0.2, -0.15) is 0 Å². The van der Waals surface area contributed by atoms with Gasteiger partial charge >= 0.3 is 0 Å². The second kappa shape index (κ2) is 5.72. The molecule has 0 aliphatic carbocycles. The smallest absolute Gasteiger partial charge is 0.141 e. The third kappa shape index (κ3) is 3.03. The van der Waals surface area contributed by atoms with Crippen LogP contribution < -0.4 is 4.74 Å². The fourth-order valence-corrected chi connectivity index (χ4v) is 1.99. The van der Waals surface area contributed by atoms with E-state index >= 15 is 0 Å². The predicted octanol–water partition coefficient (Wildman–Crippen LogP) is 5.43. The zero-order chi connectivity index (χ0) is 13.1. The molecule has 0 unspecified atom stereocenters. The lowest BCUT2D eigenvalue weighted by Crippen LogP contribution is -1.90. The van der Waals surface area contributed by atoms with E-state index in [4.69, 9.17) is 16.3 Å². The van der Waals surface area contributed by atoms with Crippen LogP contribution in [-0.2, 0) is 5.88 Å². The molecule has 18 heavy (non-hydrogen) atoms. The summed E-state index contributed by atoms with van der Waals surface area (Å²) in [5.41, 5.74) is 2.00. The summed E-state index contributed by atoms with van der Waals surface area (Å²) < 4.78 is 19.4. The fraction of sp³-hybridized carbons (Fsp3) is 0.143. The van der Waals surface area contributed by atoms with Gasteiger partial charge in [0.05, 0.1) is 4.47 Å². The Balaban J connectivity index is 2.25. The Labute approximate surface area is 119 Å². The summed E-state index contributed by atoms with van der Waals surface area (Å²) in [5, 5.41) is 0. The Morgan fingerprint density at radius 2 is 2.00 bits per heavy atom. The molecular weight excluding hydrogens is 319 g/mol. The summed E-state index contributed by atoms with van der Waals surface area (Å²) >= 11 is 8.86. The number of halogens is 3. The first-order chi connectivity index (χ1) is 8.60. The number of ether oxygens (including phenoxy) is 1. The van der Waals surface area contributed by atoms with Gasteiger partial charge in [0.2, 0.25) is 0 Å². The van der Waals surface area contributed by atoms with Crippen LogP contribution in [-0.4, -0.2) is 0 Å². The normalized spacial score (nSPS) is 10.4. The van der Waals surface area contributed by atoms with Crippen molar-refractivity contribution in [2.75, 3.05) is 0 Å². The van der Waals surface area contributed by atoms with E-state index in [1.54, 1.807) is 12.1 Å². The van der Waals surface area contributed by atoms with Gasteiger partial charge in [-0.1, -0.05) is 12.1 Å². The van der Waals surface area contributed by atoms with E-state index in [0.717, 1.165) is 11.1 Å². The maximum absolute atomic E-state index is 13.4. The molecule has 2 rings (SSSR count). The highest BCUT2D eigenvalue weighted by molar-refractivity contribution is 9.10. The summed E-state index contributed by atoms with van der Waals surface area (Å²) in [6, 6.07) is 10.4. The van der Waals surface area contributed by atoms with Crippen molar-refractivity contribution < 1.29 is 9.13 Å². The molecule has 0 fully saturated rings. The Morgan fingerprint density at radius 3 is 2.61 bits per heavy atom. The van der Waals surface area contributed by atoms with Crippen LogP contribution in [0, 0.1) is 12.7 Å². The largest absolute Gasteiger partial charge is 0.457 e. The minimum atomic E-state index is -0.345. The first kappa shape index (κ1) is 13.4. The lowest BCUT2D eigenvalue weighted by Gasteiger charge is -2.10. The van der Waals surface area contributed by atoms with Crippen molar-refractivity contribution in [2.24, 2.45) is 0 Å². The molecule has 4 heteroatoms. The zero-order valence-electron chi connectivity index (χ0n) is 9.71. The van der Waals surface area contributed by atoms with Crippen LogP contribution in [0.5, 0.6) is 11.5 Å². The molecule has 0 aliphatic heterocycles. The number of benzene rings is 2. The van der Waals surface area contributed by atoms with Crippen molar-refractivity contribution in [3.8, 4) is 11.5 Å². The molecule has 0 spiro atoms. The van der Waals surface area contributed by atoms with E-state index in [2.05, 4.69) is 15.9 Å². The Hall–Kier alpha value is -1.06. The maximum Gasteiger partial charge on any atom is 0.141 e. The number of hydrogen-bond donors (Lipinski definition) is 0. The zero-order valence-corrected chi connectivity index (χ0v) is 12.1. The molecule has 1 nitrogen and oxygen atoms in total. The van der Waals surface area contributed by atoms with Gasteiger partial charge in [0.1, 0.15) is 17.3 Å². The lowest BCUT2D eigenvalue weighted by atomic mass is 10.1. The Bertz CT molecular complexity index is 572. The van der Waals surface area contributed by atoms with Crippen LogP contribution in [0.3, 0.4) is 0 Å². The molecule has 0 heterocycles.